The SMILES string of the molecule is CC(Nc1cccc(C(F)F)c1)C1CC1. The largest absolute Gasteiger partial charge is 0.382 e. The zero-order valence-corrected chi connectivity index (χ0v) is 8.71. The van der Waals surface area contributed by atoms with Gasteiger partial charge in [0.05, 0.1) is 0 Å². The number of hydrogen-bond acceptors (Lipinski definition) is 1. The molecule has 0 aliphatic heterocycles. The molecule has 0 spiro atoms. The second-order valence-corrected chi connectivity index (χ2v) is 4.20. The van der Waals surface area contributed by atoms with E-state index in [1.165, 1.54) is 25.0 Å². The van der Waals surface area contributed by atoms with Crippen molar-refractivity contribution in [3.05, 3.63) is 29.8 Å². The van der Waals surface area contributed by atoms with E-state index in [1.54, 1.807) is 6.07 Å². The van der Waals surface area contributed by atoms with Crippen molar-refractivity contribution in [2.45, 2.75) is 32.2 Å². The van der Waals surface area contributed by atoms with Crippen LogP contribution >= 0.6 is 0 Å². The van der Waals surface area contributed by atoms with Crippen LogP contribution in [0.1, 0.15) is 31.8 Å². The van der Waals surface area contributed by atoms with E-state index in [-0.39, 0.29) is 5.56 Å². The van der Waals surface area contributed by atoms with E-state index in [4.69, 9.17) is 0 Å². The van der Waals surface area contributed by atoms with Crippen molar-refractivity contribution >= 4 is 5.69 Å². The standard InChI is InChI=1S/C12H15F2N/c1-8(9-5-6-9)15-11-4-2-3-10(7-11)12(13)14/h2-4,7-9,12,15H,5-6H2,1H3. The molecule has 2 rings (SSSR count). The van der Waals surface area contributed by atoms with E-state index >= 15 is 0 Å². The Bertz CT molecular complexity index is 334. The highest BCUT2D eigenvalue weighted by Crippen LogP contribution is 2.34. The van der Waals surface area contributed by atoms with Gasteiger partial charge in [-0.05, 0) is 37.8 Å². The topological polar surface area (TPSA) is 12.0 Å². The molecule has 1 aliphatic carbocycles. The van der Waals surface area contributed by atoms with Gasteiger partial charge < -0.3 is 5.32 Å². The van der Waals surface area contributed by atoms with Gasteiger partial charge in [0.1, 0.15) is 0 Å². The Hall–Kier alpha value is -1.12. The van der Waals surface area contributed by atoms with Gasteiger partial charge in [0.2, 0.25) is 0 Å². The minimum absolute atomic E-state index is 0.0861. The van der Waals surface area contributed by atoms with Crippen LogP contribution in [0.4, 0.5) is 14.5 Å². The van der Waals surface area contributed by atoms with Gasteiger partial charge in [-0.15, -0.1) is 0 Å². The molecule has 1 aromatic carbocycles. The number of anilines is 1. The Morgan fingerprint density at radius 2 is 2.07 bits per heavy atom. The van der Waals surface area contributed by atoms with Crippen molar-refractivity contribution in [1.82, 2.24) is 0 Å². The van der Waals surface area contributed by atoms with E-state index in [0.29, 0.717) is 6.04 Å². The quantitative estimate of drug-likeness (QED) is 0.798. The number of nitrogens with one attached hydrogen (secondary N) is 1. The first-order chi connectivity index (χ1) is 7.16. The number of rotatable bonds is 4. The first kappa shape index (κ1) is 10.4. The molecule has 1 atom stereocenters. The molecule has 15 heavy (non-hydrogen) atoms. The van der Waals surface area contributed by atoms with Gasteiger partial charge in [-0.25, -0.2) is 8.78 Å². The molecule has 0 radical (unpaired) electrons. The maximum Gasteiger partial charge on any atom is 0.263 e. The van der Waals surface area contributed by atoms with Crippen LogP contribution in [0.25, 0.3) is 0 Å². The molecule has 1 saturated carbocycles. The van der Waals surface area contributed by atoms with Crippen molar-refractivity contribution < 1.29 is 8.78 Å². The number of alkyl halides is 2. The third kappa shape index (κ3) is 2.67. The Labute approximate surface area is 88.5 Å². The summed E-state index contributed by atoms with van der Waals surface area (Å²) in [6.07, 6.45) is 0.119. The molecule has 1 unspecified atom stereocenters. The van der Waals surface area contributed by atoms with Gasteiger partial charge in [-0.1, -0.05) is 12.1 Å². The fourth-order valence-corrected chi connectivity index (χ4v) is 1.74. The molecular weight excluding hydrogens is 196 g/mol. The molecule has 0 heterocycles. The fourth-order valence-electron chi connectivity index (χ4n) is 1.74. The van der Waals surface area contributed by atoms with E-state index in [2.05, 4.69) is 12.2 Å². The first-order valence-corrected chi connectivity index (χ1v) is 5.31. The molecule has 0 amide bonds. The Morgan fingerprint density at radius 3 is 2.67 bits per heavy atom. The van der Waals surface area contributed by atoms with E-state index < -0.39 is 6.43 Å². The third-order valence-corrected chi connectivity index (χ3v) is 2.86. The van der Waals surface area contributed by atoms with Gasteiger partial charge in [0, 0.05) is 17.3 Å². The minimum Gasteiger partial charge on any atom is -0.382 e. The summed E-state index contributed by atoms with van der Waals surface area (Å²) in [7, 11) is 0. The molecule has 1 aromatic rings. The average Bonchev–Trinajstić information content (AvgIpc) is 3.01. The molecule has 82 valence electrons. The number of benzene rings is 1. The van der Waals surface area contributed by atoms with Crippen LogP contribution < -0.4 is 5.32 Å². The molecule has 0 saturated heterocycles. The highest BCUT2D eigenvalue weighted by Gasteiger charge is 2.27. The summed E-state index contributed by atoms with van der Waals surface area (Å²) in [5.74, 6) is 0.722. The lowest BCUT2D eigenvalue weighted by molar-refractivity contribution is 0.151. The fraction of sp³-hybridized carbons (Fsp3) is 0.500. The molecular formula is C12H15F2N. The molecule has 0 bridgehead atoms. The van der Waals surface area contributed by atoms with Crippen LogP contribution in [-0.4, -0.2) is 6.04 Å². The first-order valence-electron chi connectivity index (χ1n) is 5.31. The molecule has 1 aliphatic rings. The van der Waals surface area contributed by atoms with Crippen LogP contribution in [0.15, 0.2) is 24.3 Å². The monoisotopic (exact) mass is 211 g/mol. The molecule has 0 aromatic heterocycles. The molecule has 1 fully saturated rings. The van der Waals surface area contributed by atoms with Gasteiger partial charge in [0.25, 0.3) is 6.43 Å². The highest BCUT2D eigenvalue weighted by molar-refractivity contribution is 5.47. The van der Waals surface area contributed by atoms with E-state index in [9.17, 15) is 8.78 Å². The van der Waals surface area contributed by atoms with Crippen molar-refractivity contribution in [3.63, 3.8) is 0 Å². The number of halogens is 2. The van der Waals surface area contributed by atoms with Gasteiger partial charge in [0.15, 0.2) is 0 Å². The van der Waals surface area contributed by atoms with Crippen molar-refractivity contribution in [2.24, 2.45) is 5.92 Å². The summed E-state index contributed by atoms with van der Waals surface area (Å²) < 4.78 is 24.9. The lowest BCUT2D eigenvalue weighted by atomic mass is 10.1. The lowest BCUT2D eigenvalue weighted by Gasteiger charge is -2.14. The van der Waals surface area contributed by atoms with Crippen LogP contribution in [-0.2, 0) is 0 Å². The van der Waals surface area contributed by atoms with Crippen LogP contribution in [0.3, 0.4) is 0 Å². The maximum atomic E-state index is 12.4. The van der Waals surface area contributed by atoms with E-state index in [1.807, 2.05) is 6.07 Å². The van der Waals surface area contributed by atoms with Gasteiger partial charge in [-0.2, -0.15) is 0 Å². The van der Waals surface area contributed by atoms with Crippen LogP contribution in [0, 0.1) is 5.92 Å². The van der Waals surface area contributed by atoms with Gasteiger partial charge >= 0.3 is 0 Å². The van der Waals surface area contributed by atoms with Gasteiger partial charge in [-0.3, -0.25) is 0 Å². The molecule has 1 N–H and O–H groups in total. The summed E-state index contributed by atoms with van der Waals surface area (Å²) in [4.78, 5) is 0. The van der Waals surface area contributed by atoms with Crippen LogP contribution in [0.2, 0.25) is 0 Å². The van der Waals surface area contributed by atoms with Crippen LogP contribution in [0.5, 0.6) is 0 Å². The zero-order valence-electron chi connectivity index (χ0n) is 8.71. The summed E-state index contributed by atoms with van der Waals surface area (Å²) in [5, 5.41) is 3.27. The highest BCUT2D eigenvalue weighted by atomic mass is 19.3. The lowest BCUT2D eigenvalue weighted by Crippen LogP contribution is -2.17. The Morgan fingerprint density at radius 1 is 1.33 bits per heavy atom. The van der Waals surface area contributed by atoms with Crippen molar-refractivity contribution in [2.75, 3.05) is 5.32 Å². The average molecular weight is 211 g/mol. The second kappa shape index (κ2) is 4.17. The van der Waals surface area contributed by atoms with Crippen molar-refractivity contribution in [1.29, 1.82) is 0 Å². The molecule has 1 nitrogen and oxygen atoms in total. The normalized spacial score (nSPS) is 17.9. The molecule has 3 heteroatoms. The zero-order chi connectivity index (χ0) is 10.8. The summed E-state index contributed by atoms with van der Waals surface area (Å²) in [5.41, 5.74) is 0.884. The van der Waals surface area contributed by atoms with Crippen molar-refractivity contribution in [3.8, 4) is 0 Å². The van der Waals surface area contributed by atoms with E-state index in [0.717, 1.165) is 11.6 Å². The second-order valence-electron chi connectivity index (χ2n) is 4.20. The minimum atomic E-state index is -2.39. The third-order valence-electron chi connectivity index (χ3n) is 2.86. The summed E-state index contributed by atoms with van der Waals surface area (Å²) >= 11 is 0. The summed E-state index contributed by atoms with van der Waals surface area (Å²) in [6, 6.07) is 6.88. The Kier molecular flexibility index (Phi) is 2.89. The predicted molar refractivity (Wildman–Crippen MR) is 57.2 cm³/mol. The Balaban J connectivity index is 2.03. The smallest absolute Gasteiger partial charge is 0.263 e. The maximum absolute atomic E-state index is 12.4. The summed E-state index contributed by atoms with van der Waals surface area (Å²) in [6.45, 7) is 2.10. The number of hydrogen-bond donors (Lipinski definition) is 1. The predicted octanol–water partition coefficient (Wildman–Crippen LogP) is 3.83.